The van der Waals surface area contributed by atoms with Crippen molar-refractivity contribution in [3.63, 3.8) is 0 Å². The van der Waals surface area contributed by atoms with E-state index in [0.29, 0.717) is 17.5 Å². The van der Waals surface area contributed by atoms with Crippen LogP contribution in [-0.2, 0) is 0 Å². The quantitative estimate of drug-likeness (QED) is 0.171. The van der Waals surface area contributed by atoms with Crippen LogP contribution < -0.4 is 4.90 Å². The molecule has 8 aromatic rings. The number of hydrogen-bond donors (Lipinski definition) is 0. The van der Waals surface area contributed by atoms with Gasteiger partial charge in [-0.1, -0.05) is 140 Å². The van der Waals surface area contributed by atoms with E-state index in [4.69, 9.17) is 9.40 Å². The molecule has 3 aliphatic rings. The predicted molar refractivity (Wildman–Crippen MR) is 234 cm³/mol. The molecule has 0 fully saturated rings. The van der Waals surface area contributed by atoms with Gasteiger partial charge in [-0.05, 0) is 112 Å². The van der Waals surface area contributed by atoms with E-state index in [1.807, 2.05) is 12.1 Å². The van der Waals surface area contributed by atoms with Crippen molar-refractivity contribution >= 4 is 55.1 Å². The standard InChI is InChI=1S/C53H38N2O/c1-2-11-35(12-3-1)41-31-39-14-5-7-17-47(39)49(33-41)38-23-28-43(29-24-38)55(42-26-21-37(22-27-42)46-19-10-15-36-13-4-6-16-45(36)46)44-30-25-40-32-50-48-18-8-9-20-52(48)56-53(50)54-51(40)34-44/h1-21,23-26,28-34,36,45H,22,27H2. The van der Waals surface area contributed by atoms with Crippen LogP contribution in [0.5, 0.6) is 0 Å². The van der Waals surface area contributed by atoms with E-state index in [0.717, 1.165) is 51.5 Å². The van der Waals surface area contributed by atoms with Crippen LogP contribution in [0.25, 0.3) is 66.0 Å². The summed E-state index contributed by atoms with van der Waals surface area (Å²) in [4.78, 5) is 7.49. The molecule has 0 bridgehead atoms. The highest BCUT2D eigenvalue weighted by atomic mass is 16.3. The number of aromatic nitrogens is 1. The molecule has 2 unspecified atom stereocenters. The van der Waals surface area contributed by atoms with Crippen molar-refractivity contribution in [3.8, 4) is 22.3 Å². The van der Waals surface area contributed by atoms with Crippen LogP contribution in [0.15, 0.2) is 215 Å². The summed E-state index contributed by atoms with van der Waals surface area (Å²) in [5.74, 6) is 0.822. The Morgan fingerprint density at radius 3 is 2.20 bits per heavy atom. The molecular weight excluding hydrogens is 681 g/mol. The van der Waals surface area contributed by atoms with E-state index >= 15 is 0 Å². The Hall–Kier alpha value is -6.97. The number of allylic oxidation sites excluding steroid dienone is 12. The SMILES string of the molecule is C1=CC2C=CC=C(C3=CC=C(N(c4ccc(-c5cc(-c6ccccc6)cc6ccccc56)cc4)c4ccc5cc6c(nc5c4)oc4ccccc46)CC3)C2C=C1. The zero-order chi connectivity index (χ0) is 37.0. The molecule has 3 heteroatoms. The molecule has 266 valence electrons. The van der Waals surface area contributed by atoms with Gasteiger partial charge in [-0.2, -0.15) is 0 Å². The lowest BCUT2D eigenvalue weighted by atomic mass is 9.75. The molecule has 2 atom stereocenters. The summed E-state index contributed by atoms with van der Waals surface area (Å²) in [6, 6.07) is 50.2. The minimum atomic E-state index is 0.396. The van der Waals surface area contributed by atoms with Gasteiger partial charge in [-0.3, -0.25) is 0 Å². The topological polar surface area (TPSA) is 29.3 Å². The van der Waals surface area contributed by atoms with Crippen LogP contribution in [0.1, 0.15) is 12.8 Å². The molecule has 0 amide bonds. The fourth-order valence-electron chi connectivity index (χ4n) is 8.94. The highest BCUT2D eigenvalue weighted by Gasteiger charge is 2.27. The van der Waals surface area contributed by atoms with Gasteiger partial charge < -0.3 is 9.32 Å². The first-order chi connectivity index (χ1) is 27.7. The first kappa shape index (κ1) is 32.5. The lowest BCUT2D eigenvalue weighted by molar-refractivity contribution is 0.621. The Morgan fingerprint density at radius 2 is 1.32 bits per heavy atom. The number of pyridine rings is 1. The van der Waals surface area contributed by atoms with E-state index in [1.165, 1.54) is 49.9 Å². The van der Waals surface area contributed by atoms with Crippen LogP contribution in [0.3, 0.4) is 0 Å². The number of rotatable bonds is 6. The maximum Gasteiger partial charge on any atom is 0.227 e. The van der Waals surface area contributed by atoms with E-state index in [2.05, 4.69) is 187 Å². The molecule has 56 heavy (non-hydrogen) atoms. The van der Waals surface area contributed by atoms with Gasteiger partial charge in [-0.15, -0.1) is 0 Å². The first-order valence-corrected chi connectivity index (χ1v) is 19.6. The molecule has 0 saturated heterocycles. The van der Waals surface area contributed by atoms with Gasteiger partial charge >= 0.3 is 0 Å². The smallest absolute Gasteiger partial charge is 0.227 e. The fraction of sp³-hybridized carbons (Fsp3) is 0.0755. The summed E-state index contributed by atoms with van der Waals surface area (Å²) < 4.78 is 6.23. The molecular formula is C53H38N2O. The number of para-hydroxylation sites is 1. The fourth-order valence-corrected chi connectivity index (χ4v) is 8.94. The average Bonchev–Trinajstić information content (AvgIpc) is 3.63. The Bertz CT molecular complexity index is 3030. The molecule has 0 radical (unpaired) electrons. The second kappa shape index (κ2) is 13.4. The van der Waals surface area contributed by atoms with Crippen LogP contribution in [0.2, 0.25) is 0 Å². The summed E-state index contributed by atoms with van der Waals surface area (Å²) in [6.45, 7) is 0. The molecule has 6 aromatic carbocycles. The molecule has 3 nitrogen and oxygen atoms in total. The van der Waals surface area contributed by atoms with Crippen LogP contribution in [0.4, 0.5) is 11.4 Å². The van der Waals surface area contributed by atoms with Crippen molar-refractivity contribution in [2.24, 2.45) is 11.8 Å². The number of anilines is 2. The summed E-state index contributed by atoms with van der Waals surface area (Å²) in [7, 11) is 0. The van der Waals surface area contributed by atoms with Gasteiger partial charge in [0.05, 0.1) is 5.52 Å². The van der Waals surface area contributed by atoms with Crippen molar-refractivity contribution in [2.75, 3.05) is 4.90 Å². The monoisotopic (exact) mass is 718 g/mol. The van der Waals surface area contributed by atoms with Crippen LogP contribution in [-0.4, -0.2) is 4.98 Å². The van der Waals surface area contributed by atoms with Crippen molar-refractivity contribution < 1.29 is 4.42 Å². The third-order valence-electron chi connectivity index (χ3n) is 11.7. The molecule has 0 spiro atoms. The highest BCUT2D eigenvalue weighted by molar-refractivity contribution is 6.07. The normalized spacial score (nSPS) is 17.6. The number of benzene rings is 6. The van der Waals surface area contributed by atoms with Crippen LogP contribution in [0, 0.1) is 11.8 Å². The zero-order valence-electron chi connectivity index (χ0n) is 30.8. The molecule has 0 N–H and O–H groups in total. The average molecular weight is 719 g/mol. The number of fused-ring (bicyclic) bond motifs is 6. The molecule has 0 saturated carbocycles. The van der Waals surface area contributed by atoms with Gasteiger partial charge in [0.2, 0.25) is 5.71 Å². The van der Waals surface area contributed by atoms with Crippen molar-refractivity contribution in [3.05, 3.63) is 211 Å². The van der Waals surface area contributed by atoms with Crippen molar-refractivity contribution in [2.45, 2.75) is 12.8 Å². The van der Waals surface area contributed by atoms with Gasteiger partial charge in [0.25, 0.3) is 0 Å². The Kier molecular flexibility index (Phi) is 7.77. The second-order valence-corrected chi connectivity index (χ2v) is 15.0. The number of furan rings is 1. The summed E-state index contributed by atoms with van der Waals surface area (Å²) >= 11 is 0. The first-order valence-electron chi connectivity index (χ1n) is 19.6. The summed E-state index contributed by atoms with van der Waals surface area (Å²) in [6.07, 6.45) is 22.5. The lowest BCUT2D eigenvalue weighted by Crippen LogP contribution is -2.20. The molecule has 3 aliphatic carbocycles. The second-order valence-electron chi connectivity index (χ2n) is 15.0. The summed E-state index contributed by atoms with van der Waals surface area (Å²) in [5.41, 5.74) is 13.6. The van der Waals surface area contributed by atoms with Gasteiger partial charge in [0.1, 0.15) is 5.58 Å². The van der Waals surface area contributed by atoms with Crippen molar-refractivity contribution in [1.29, 1.82) is 0 Å². The lowest BCUT2D eigenvalue weighted by Gasteiger charge is -2.33. The molecule has 0 aliphatic heterocycles. The van der Waals surface area contributed by atoms with E-state index in [-0.39, 0.29) is 0 Å². The Labute approximate surface area is 326 Å². The number of nitrogens with zero attached hydrogens (tertiary/aromatic N) is 2. The zero-order valence-corrected chi connectivity index (χ0v) is 30.8. The maximum atomic E-state index is 6.23. The molecule has 2 heterocycles. The number of hydrogen-bond acceptors (Lipinski definition) is 3. The largest absolute Gasteiger partial charge is 0.438 e. The van der Waals surface area contributed by atoms with E-state index < -0.39 is 0 Å². The minimum absolute atomic E-state index is 0.396. The third kappa shape index (κ3) is 5.63. The highest BCUT2D eigenvalue weighted by Crippen LogP contribution is 2.42. The molecule has 11 rings (SSSR count). The van der Waals surface area contributed by atoms with Crippen LogP contribution >= 0.6 is 0 Å². The van der Waals surface area contributed by atoms with Gasteiger partial charge in [0.15, 0.2) is 0 Å². The van der Waals surface area contributed by atoms with E-state index in [1.54, 1.807) is 0 Å². The third-order valence-corrected chi connectivity index (χ3v) is 11.7. The summed E-state index contributed by atoms with van der Waals surface area (Å²) in [5, 5.41) is 5.71. The Balaban J connectivity index is 1.02. The maximum absolute atomic E-state index is 6.23. The van der Waals surface area contributed by atoms with Crippen molar-refractivity contribution in [1.82, 2.24) is 4.98 Å². The van der Waals surface area contributed by atoms with Gasteiger partial charge in [-0.25, -0.2) is 4.98 Å². The molecule has 2 aromatic heterocycles. The van der Waals surface area contributed by atoms with E-state index in [9.17, 15) is 0 Å². The Morgan fingerprint density at radius 1 is 0.536 bits per heavy atom. The van der Waals surface area contributed by atoms with Gasteiger partial charge in [0, 0.05) is 45.1 Å². The minimum Gasteiger partial charge on any atom is -0.438 e. The predicted octanol–water partition coefficient (Wildman–Crippen LogP) is 14.2.